The lowest BCUT2D eigenvalue weighted by Crippen LogP contribution is -2.39. The molecule has 3 aliphatic rings. The number of hydrogen-bond acceptors (Lipinski definition) is 6. The van der Waals surface area contributed by atoms with E-state index in [1.807, 2.05) is 11.6 Å². The van der Waals surface area contributed by atoms with E-state index >= 15 is 0 Å². The Morgan fingerprint density at radius 1 is 1.22 bits per heavy atom. The Bertz CT molecular complexity index is 821. The van der Waals surface area contributed by atoms with Crippen LogP contribution in [0.2, 0.25) is 0 Å². The first-order valence-electron chi connectivity index (χ1n) is 12.4. The van der Waals surface area contributed by atoms with Gasteiger partial charge in [-0.05, 0) is 45.1 Å². The van der Waals surface area contributed by atoms with Gasteiger partial charge in [-0.1, -0.05) is 6.42 Å². The Morgan fingerprint density at radius 2 is 2.12 bits per heavy atom. The second-order valence-corrected chi connectivity index (χ2v) is 9.50. The number of likely N-dealkylation sites (N-methyl/N-ethyl adjacent to an activating group) is 1. The summed E-state index contributed by atoms with van der Waals surface area (Å²) in [5, 5.41) is 0. The molecule has 0 spiro atoms. The van der Waals surface area contributed by atoms with E-state index in [0.717, 1.165) is 82.7 Å². The van der Waals surface area contributed by atoms with Crippen LogP contribution in [0.4, 0.5) is 0 Å². The number of aryl methyl sites for hydroxylation is 1. The maximum Gasteiger partial charge on any atom is 0.253 e. The molecule has 2 fully saturated rings. The zero-order chi connectivity index (χ0) is 22.3. The summed E-state index contributed by atoms with van der Waals surface area (Å²) in [6, 6.07) is 1.73. The van der Waals surface area contributed by atoms with Gasteiger partial charge in [0.05, 0.1) is 31.6 Å². The van der Waals surface area contributed by atoms with Gasteiger partial charge >= 0.3 is 0 Å². The maximum absolute atomic E-state index is 12.7. The molecule has 1 aromatic rings. The predicted molar refractivity (Wildman–Crippen MR) is 122 cm³/mol. The van der Waals surface area contributed by atoms with Gasteiger partial charge in [0.2, 0.25) is 5.91 Å². The summed E-state index contributed by atoms with van der Waals surface area (Å²) in [5.74, 6) is 1.28. The zero-order valence-corrected chi connectivity index (χ0v) is 19.5. The number of rotatable bonds is 8. The van der Waals surface area contributed by atoms with Gasteiger partial charge in [-0.3, -0.25) is 19.1 Å². The molecule has 4 rings (SSSR count). The fourth-order valence-electron chi connectivity index (χ4n) is 4.95. The topological polar surface area (TPSA) is 76.9 Å². The van der Waals surface area contributed by atoms with Crippen LogP contribution in [0.3, 0.4) is 0 Å². The Morgan fingerprint density at radius 3 is 2.97 bits per heavy atom. The van der Waals surface area contributed by atoms with Crippen LogP contribution in [0.5, 0.6) is 0 Å². The molecule has 0 bridgehead atoms. The van der Waals surface area contributed by atoms with Gasteiger partial charge in [-0.2, -0.15) is 0 Å². The van der Waals surface area contributed by atoms with E-state index in [2.05, 4.69) is 4.90 Å². The average Bonchev–Trinajstić information content (AvgIpc) is 3.13. The number of hydrogen-bond donors (Lipinski definition) is 0. The van der Waals surface area contributed by atoms with Crippen molar-refractivity contribution in [3.8, 4) is 0 Å². The highest BCUT2D eigenvalue weighted by Gasteiger charge is 2.28. The molecule has 32 heavy (non-hydrogen) atoms. The van der Waals surface area contributed by atoms with Gasteiger partial charge in [0.25, 0.3) is 5.56 Å². The van der Waals surface area contributed by atoms with Crippen molar-refractivity contribution >= 4 is 5.91 Å². The number of carbonyl (C=O) groups excluding carboxylic acids is 1. The standard InChI is InChI=1S/C24H38N4O4/c1-26(12-14-31-18-20-7-4-6-13-32-20)24(30)17-27-11-9-19(16-27)21-15-23(29)28-10-5-2-3-8-22(28)25-21/h15,19-20H,2-14,16-18H2,1H3/t19-,20-/m1/s1. The molecule has 1 amide bonds. The highest BCUT2D eigenvalue weighted by Crippen LogP contribution is 2.26. The minimum absolute atomic E-state index is 0.0831. The normalized spacial score (nSPS) is 24.2. The van der Waals surface area contributed by atoms with E-state index < -0.39 is 0 Å². The van der Waals surface area contributed by atoms with Gasteiger partial charge in [0.15, 0.2) is 0 Å². The summed E-state index contributed by atoms with van der Waals surface area (Å²) in [5.41, 5.74) is 0.990. The van der Waals surface area contributed by atoms with Gasteiger partial charge in [-0.15, -0.1) is 0 Å². The fourth-order valence-corrected chi connectivity index (χ4v) is 4.95. The summed E-state index contributed by atoms with van der Waals surface area (Å²) < 4.78 is 13.3. The maximum atomic E-state index is 12.7. The highest BCUT2D eigenvalue weighted by molar-refractivity contribution is 5.78. The minimum atomic E-state index is 0.0831. The molecule has 8 nitrogen and oxygen atoms in total. The number of fused-ring (bicyclic) bond motifs is 1. The van der Waals surface area contributed by atoms with Gasteiger partial charge in [-0.25, -0.2) is 4.98 Å². The molecule has 8 heteroatoms. The summed E-state index contributed by atoms with van der Waals surface area (Å²) in [4.78, 5) is 34.1. The van der Waals surface area contributed by atoms with Crippen LogP contribution in [-0.2, 0) is 27.2 Å². The summed E-state index contributed by atoms with van der Waals surface area (Å²) in [7, 11) is 1.84. The molecule has 178 valence electrons. The van der Waals surface area contributed by atoms with E-state index in [9.17, 15) is 9.59 Å². The summed E-state index contributed by atoms with van der Waals surface area (Å²) >= 11 is 0. The highest BCUT2D eigenvalue weighted by atomic mass is 16.5. The van der Waals surface area contributed by atoms with Crippen molar-refractivity contribution in [3.63, 3.8) is 0 Å². The number of likely N-dealkylation sites (tertiary alicyclic amines) is 1. The van der Waals surface area contributed by atoms with E-state index in [0.29, 0.717) is 26.3 Å². The largest absolute Gasteiger partial charge is 0.377 e. The lowest BCUT2D eigenvalue weighted by atomic mass is 10.0. The van der Waals surface area contributed by atoms with Crippen LogP contribution >= 0.6 is 0 Å². The van der Waals surface area contributed by atoms with Crippen molar-refractivity contribution in [1.82, 2.24) is 19.4 Å². The molecule has 4 heterocycles. The second kappa shape index (κ2) is 11.4. The van der Waals surface area contributed by atoms with E-state index in [-0.39, 0.29) is 23.5 Å². The third kappa shape index (κ3) is 6.17. The lowest BCUT2D eigenvalue weighted by molar-refractivity contribution is -0.131. The number of nitrogens with zero attached hydrogens (tertiary/aromatic N) is 4. The molecule has 1 aromatic heterocycles. The SMILES string of the molecule is CN(CCOC[C@H]1CCCCO1)C(=O)CN1CC[C@@H](c2cc(=O)n3c(n2)CCCCC3)C1. The Hall–Kier alpha value is -1.77. The summed E-state index contributed by atoms with van der Waals surface area (Å²) in [6.45, 7) is 5.41. The molecule has 0 radical (unpaired) electrons. The van der Waals surface area contributed by atoms with E-state index in [1.165, 1.54) is 6.42 Å². The number of carbonyl (C=O) groups is 1. The van der Waals surface area contributed by atoms with Crippen molar-refractivity contribution in [2.45, 2.75) is 69.9 Å². The molecule has 0 aliphatic carbocycles. The molecular formula is C24H38N4O4. The summed E-state index contributed by atoms with van der Waals surface area (Å²) in [6.07, 6.45) is 8.77. The molecule has 0 unspecified atom stereocenters. The number of aromatic nitrogens is 2. The zero-order valence-electron chi connectivity index (χ0n) is 19.5. The molecule has 0 aromatic carbocycles. The number of amides is 1. The fraction of sp³-hybridized carbons (Fsp3) is 0.792. The Kier molecular flexibility index (Phi) is 8.32. The lowest BCUT2D eigenvalue weighted by Gasteiger charge is -2.24. The first kappa shape index (κ1) is 23.4. The molecule has 0 N–H and O–H groups in total. The Labute approximate surface area is 190 Å². The Balaban J connectivity index is 1.21. The van der Waals surface area contributed by atoms with Crippen molar-refractivity contribution < 1.29 is 14.3 Å². The molecule has 0 saturated carbocycles. The van der Waals surface area contributed by atoms with Crippen molar-refractivity contribution in [3.05, 3.63) is 27.9 Å². The third-order valence-corrected chi connectivity index (χ3v) is 7.01. The third-order valence-electron chi connectivity index (χ3n) is 7.01. The average molecular weight is 447 g/mol. The van der Waals surface area contributed by atoms with Crippen LogP contribution in [0, 0.1) is 0 Å². The van der Waals surface area contributed by atoms with Gasteiger partial charge in [0.1, 0.15) is 5.82 Å². The number of ether oxygens (including phenoxy) is 2. The van der Waals surface area contributed by atoms with Gasteiger partial charge < -0.3 is 14.4 Å². The molecular weight excluding hydrogens is 408 g/mol. The van der Waals surface area contributed by atoms with Crippen LogP contribution < -0.4 is 5.56 Å². The quantitative estimate of drug-likeness (QED) is 0.567. The van der Waals surface area contributed by atoms with Crippen molar-refractivity contribution in [2.24, 2.45) is 0 Å². The smallest absolute Gasteiger partial charge is 0.253 e. The second-order valence-electron chi connectivity index (χ2n) is 9.50. The van der Waals surface area contributed by atoms with Crippen LogP contribution in [0.1, 0.15) is 62.4 Å². The van der Waals surface area contributed by atoms with E-state index in [4.69, 9.17) is 14.5 Å². The van der Waals surface area contributed by atoms with Crippen LogP contribution in [0.15, 0.2) is 10.9 Å². The molecule has 2 atom stereocenters. The van der Waals surface area contributed by atoms with Crippen LogP contribution in [0.25, 0.3) is 0 Å². The first-order valence-corrected chi connectivity index (χ1v) is 12.4. The van der Waals surface area contributed by atoms with Crippen LogP contribution in [-0.4, -0.2) is 84.4 Å². The van der Waals surface area contributed by atoms with Gasteiger partial charge in [0, 0.05) is 51.7 Å². The van der Waals surface area contributed by atoms with Crippen molar-refractivity contribution in [2.75, 3.05) is 53.0 Å². The first-order chi connectivity index (χ1) is 15.6. The monoisotopic (exact) mass is 446 g/mol. The predicted octanol–water partition coefficient (Wildman–Crippen LogP) is 1.80. The molecule has 2 saturated heterocycles. The minimum Gasteiger partial charge on any atom is -0.377 e. The van der Waals surface area contributed by atoms with E-state index in [1.54, 1.807) is 11.0 Å². The molecule has 3 aliphatic heterocycles. The van der Waals surface area contributed by atoms with Crippen molar-refractivity contribution in [1.29, 1.82) is 0 Å².